The van der Waals surface area contributed by atoms with E-state index in [0.717, 1.165) is 24.2 Å². The molecule has 4 aromatic rings. The first kappa shape index (κ1) is 39.1. The van der Waals surface area contributed by atoms with Crippen LogP contribution >= 0.6 is 22.9 Å². The Morgan fingerprint density at radius 2 is 1.67 bits per heavy atom. The van der Waals surface area contributed by atoms with Crippen LogP contribution in [-0.2, 0) is 9.47 Å². The van der Waals surface area contributed by atoms with Crippen molar-refractivity contribution in [3.8, 4) is 17.1 Å². The van der Waals surface area contributed by atoms with Gasteiger partial charge in [-0.1, -0.05) is 22.9 Å². The lowest BCUT2D eigenvalue weighted by Gasteiger charge is -2.42. The molecule has 0 aliphatic carbocycles. The second kappa shape index (κ2) is 14.7. The Morgan fingerprint density at radius 1 is 0.982 bits per heavy atom. The van der Waals surface area contributed by atoms with Crippen LogP contribution in [0, 0.1) is 11.6 Å². The van der Waals surface area contributed by atoms with Crippen LogP contribution in [0.25, 0.3) is 32.2 Å². The Morgan fingerprint density at radius 3 is 2.31 bits per heavy atom. The molecular formula is C38H45ClF3N7O5S. The minimum atomic E-state index is -0.900. The van der Waals surface area contributed by atoms with Gasteiger partial charge in [-0.3, -0.25) is 15.1 Å². The zero-order valence-electron chi connectivity index (χ0n) is 31.8. The number of hydrogen-bond donors (Lipinski definition) is 1. The molecular weight excluding hydrogens is 759 g/mol. The van der Waals surface area contributed by atoms with E-state index in [9.17, 15) is 14.0 Å². The van der Waals surface area contributed by atoms with E-state index >= 15 is 8.78 Å². The molecule has 2 aromatic heterocycles. The van der Waals surface area contributed by atoms with Crippen molar-refractivity contribution in [2.24, 2.45) is 0 Å². The maximum Gasteiger partial charge on any atom is 0.413 e. The fourth-order valence-corrected chi connectivity index (χ4v) is 8.72. The molecule has 2 aromatic carbocycles. The van der Waals surface area contributed by atoms with Gasteiger partial charge in [0.25, 0.3) is 0 Å². The van der Waals surface area contributed by atoms with E-state index in [1.54, 1.807) is 31.7 Å². The third-order valence-corrected chi connectivity index (χ3v) is 10.9. The average molecular weight is 804 g/mol. The van der Waals surface area contributed by atoms with Gasteiger partial charge in [0.1, 0.15) is 40.6 Å². The summed E-state index contributed by atoms with van der Waals surface area (Å²) in [5, 5.41) is 2.92. The Balaban J connectivity index is 1.29. The number of likely N-dealkylation sites (tertiary alicyclic amines) is 1. The molecule has 4 atom stereocenters. The van der Waals surface area contributed by atoms with Gasteiger partial charge in [-0.25, -0.2) is 27.7 Å². The lowest BCUT2D eigenvalue weighted by Crippen LogP contribution is -2.57. The molecule has 3 unspecified atom stereocenters. The number of rotatable bonds is 7. The molecule has 1 N–H and O–H groups in total. The third-order valence-electron chi connectivity index (χ3n) is 9.64. The van der Waals surface area contributed by atoms with E-state index in [1.165, 1.54) is 12.1 Å². The molecule has 3 aliphatic rings. The Hall–Kier alpha value is -4.15. The quantitative estimate of drug-likeness (QED) is 0.195. The van der Waals surface area contributed by atoms with Crippen LogP contribution in [0.5, 0.6) is 6.01 Å². The number of nitrogens with zero attached hydrogens (tertiary/aromatic N) is 6. The zero-order chi connectivity index (χ0) is 39.6. The predicted octanol–water partition coefficient (Wildman–Crippen LogP) is 8.58. The number of benzene rings is 2. The number of thiazole rings is 1. The highest BCUT2D eigenvalue weighted by atomic mass is 35.5. The normalized spacial score (nSPS) is 21.0. The van der Waals surface area contributed by atoms with Crippen molar-refractivity contribution < 1.29 is 37.0 Å². The van der Waals surface area contributed by atoms with Gasteiger partial charge < -0.3 is 19.1 Å². The summed E-state index contributed by atoms with van der Waals surface area (Å²) in [7, 11) is 0. The van der Waals surface area contributed by atoms with Crippen molar-refractivity contribution in [1.82, 2.24) is 24.8 Å². The standard InChI is InChI=1S/C38H45ClF3N7O5S/c1-19(15-47-13-12-20(40)16-47)52-33-43-29-24(32(45-33)48-17-21-8-9-22(18-48)49(21)36(51)54-38(5,6)7)14-25(39)27(28(29)42)23-10-11-26(41)31-30(23)44-34(55-31)46-35(50)53-37(2,3)4/h10-11,14,19-22H,8-9,12-13,15-18H2,1-7H3,(H,44,46,50)/t19-,20?,21?,22?/m0/s1. The minimum Gasteiger partial charge on any atom is -0.459 e. The molecule has 2 amide bonds. The van der Waals surface area contributed by atoms with Gasteiger partial charge in [-0.2, -0.15) is 9.97 Å². The second-order valence-electron chi connectivity index (χ2n) is 16.4. The first-order valence-electron chi connectivity index (χ1n) is 18.4. The summed E-state index contributed by atoms with van der Waals surface area (Å²) in [6, 6.07) is 3.72. The number of fused-ring (bicyclic) bond motifs is 4. The largest absolute Gasteiger partial charge is 0.459 e. The van der Waals surface area contributed by atoms with E-state index in [-0.39, 0.29) is 61.2 Å². The lowest BCUT2D eigenvalue weighted by atomic mass is 10.0. The molecule has 0 radical (unpaired) electrons. The van der Waals surface area contributed by atoms with Gasteiger partial charge in [0.05, 0.1) is 27.3 Å². The van der Waals surface area contributed by atoms with E-state index < -0.39 is 41.2 Å². The van der Waals surface area contributed by atoms with E-state index in [2.05, 4.69) is 15.3 Å². The number of piperazine rings is 1. The number of halogens is 4. The number of nitrogens with one attached hydrogen (secondary N) is 1. The highest BCUT2D eigenvalue weighted by Crippen LogP contribution is 2.44. The van der Waals surface area contributed by atoms with E-state index in [4.69, 9.17) is 30.8 Å². The van der Waals surface area contributed by atoms with Gasteiger partial charge in [0.15, 0.2) is 10.9 Å². The smallest absolute Gasteiger partial charge is 0.413 e. The third kappa shape index (κ3) is 8.36. The molecule has 0 saturated carbocycles. The van der Waals surface area contributed by atoms with Crippen molar-refractivity contribution in [2.45, 2.75) is 103 Å². The van der Waals surface area contributed by atoms with E-state index in [1.807, 2.05) is 37.5 Å². The number of hydrogen-bond acceptors (Lipinski definition) is 11. The topological polar surface area (TPSA) is 122 Å². The number of amides is 2. The SMILES string of the molecule is C[C@@H](CN1CCC(F)C1)Oc1nc(N2CC3CCC(C2)N3C(=O)OC(C)(C)C)c2cc(Cl)c(-c3ccc(F)c4sc(NC(=O)OC(C)(C)C)nc34)c(F)c2n1. The van der Waals surface area contributed by atoms with Gasteiger partial charge in [-0.05, 0) is 85.9 Å². The monoisotopic (exact) mass is 803 g/mol. The number of aromatic nitrogens is 3. The summed E-state index contributed by atoms with van der Waals surface area (Å²) in [5.41, 5.74) is -1.32. The minimum absolute atomic E-state index is 0.00428. The lowest BCUT2D eigenvalue weighted by molar-refractivity contribution is 0.0122. The van der Waals surface area contributed by atoms with Crippen LogP contribution < -0.4 is 15.0 Å². The van der Waals surface area contributed by atoms with Crippen LogP contribution in [0.1, 0.15) is 67.7 Å². The maximum atomic E-state index is 17.2. The van der Waals surface area contributed by atoms with Gasteiger partial charge in [0, 0.05) is 49.2 Å². The van der Waals surface area contributed by atoms with Crippen molar-refractivity contribution in [3.63, 3.8) is 0 Å². The summed E-state index contributed by atoms with van der Waals surface area (Å²) in [6.07, 6.45) is -0.553. The van der Waals surface area contributed by atoms with Gasteiger partial charge >= 0.3 is 18.2 Å². The Kier molecular flexibility index (Phi) is 10.5. The van der Waals surface area contributed by atoms with Crippen LogP contribution in [0.2, 0.25) is 5.02 Å². The first-order valence-corrected chi connectivity index (χ1v) is 19.6. The highest BCUT2D eigenvalue weighted by Gasteiger charge is 2.45. The molecule has 17 heteroatoms. The summed E-state index contributed by atoms with van der Waals surface area (Å²) < 4.78 is 63.7. The zero-order valence-corrected chi connectivity index (χ0v) is 33.4. The van der Waals surface area contributed by atoms with Crippen LogP contribution in [0.3, 0.4) is 0 Å². The molecule has 3 aliphatic heterocycles. The molecule has 0 spiro atoms. The fourth-order valence-electron chi connectivity index (χ4n) is 7.54. The average Bonchev–Trinajstić information content (AvgIpc) is 3.75. The molecule has 3 saturated heterocycles. The van der Waals surface area contributed by atoms with E-state index in [0.29, 0.717) is 50.3 Å². The number of carbonyl (C=O) groups is 2. The molecule has 5 heterocycles. The molecule has 3 fully saturated rings. The van der Waals surface area contributed by atoms with Gasteiger partial charge in [-0.15, -0.1) is 0 Å². The summed E-state index contributed by atoms with van der Waals surface area (Å²) in [4.78, 5) is 45.3. The van der Waals surface area contributed by atoms with Crippen LogP contribution in [0.4, 0.5) is 33.7 Å². The summed E-state index contributed by atoms with van der Waals surface area (Å²) >= 11 is 7.80. The van der Waals surface area contributed by atoms with Crippen molar-refractivity contribution in [3.05, 3.63) is 34.9 Å². The van der Waals surface area contributed by atoms with Crippen molar-refractivity contribution >= 4 is 67.2 Å². The molecule has 7 rings (SSSR count). The molecule has 296 valence electrons. The number of anilines is 2. The summed E-state index contributed by atoms with van der Waals surface area (Å²) in [5.74, 6) is -1.04. The number of carbonyl (C=O) groups excluding carboxylic acids is 2. The van der Waals surface area contributed by atoms with Crippen molar-refractivity contribution in [2.75, 3.05) is 42.9 Å². The van der Waals surface area contributed by atoms with Crippen molar-refractivity contribution in [1.29, 1.82) is 0 Å². The highest BCUT2D eigenvalue weighted by molar-refractivity contribution is 7.22. The molecule has 12 nitrogen and oxygen atoms in total. The fraction of sp³-hybridized carbons (Fsp3) is 0.553. The molecule has 2 bridgehead atoms. The van der Waals surface area contributed by atoms with Crippen LogP contribution in [0.15, 0.2) is 18.2 Å². The maximum absolute atomic E-state index is 17.2. The molecule has 55 heavy (non-hydrogen) atoms. The summed E-state index contributed by atoms with van der Waals surface area (Å²) in [6.45, 7) is 14.5. The number of alkyl halides is 1. The first-order chi connectivity index (χ1) is 25.8. The van der Waals surface area contributed by atoms with Crippen LogP contribution in [-0.4, -0.2) is 105 Å². The number of ether oxygens (including phenoxy) is 3. The Labute approximate surface area is 326 Å². The van der Waals surface area contributed by atoms with Gasteiger partial charge in [0.2, 0.25) is 0 Å². The second-order valence-corrected chi connectivity index (χ2v) is 17.8. The Bertz CT molecular complexity index is 2130. The predicted molar refractivity (Wildman–Crippen MR) is 206 cm³/mol.